The van der Waals surface area contributed by atoms with Crippen LogP contribution < -0.4 is 5.73 Å². The largest absolute Gasteiger partial charge is 0.384 e. The summed E-state index contributed by atoms with van der Waals surface area (Å²) in [5.41, 5.74) is 8.99. The van der Waals surface area contributed by atoms with E-state index in [0.717, 1.165) is 69.8 Å². The van der Waals surface area contributed by atoms with E-state index in [4.69, 9.17) is 5.73 Å². The highest BCUT2D eigenvalue weighted by Crippen LogP contribution is 2.26. The highest BCUT2D eigenvalue weighted by Gasteiger charge is 2.32. The molecular weight excluding hydrogens is 388 g/mol. The van der Waals surface area contributed by atoms with Crippen molar-refractivity contribution < 1.29 is 4.79 Å². The number of piperidine rings is 2. The minimum atomic E-state index is 0.144. The minimum Gasteiger partial charge on any atom is -0.384 e. The predicted molar refractivity (Wildman–Crippen MR) is 123 cm³/mol. The molecule has 0 aliphatic carbocycles. The second-order valence-corrected chi connectivity index (χ2v) is 8.56. The lowest BCUT2D eigenvalue weighted by Crippen LogP contribution is -2.46. The number of rotatable bonds is 5. The third kappa shape index (κ3) is 5.28. The Morgan fingerprint density at radius 3 is 2.42 bits per heavy atom. The number of carbonyl (C=O) groups excluding carboxylic acids is 1. The first-order valence-corrected chi connectivity index (χ1v) is 11.2. The van der Waals surface area contributed by atoms with Crippen molar-refractivity contribution in [2.24, 2.45) is 16.8 Å². The molecule has 0 spiro atoms. The maximum atomic E-state index is 13.1. The molecule has 2 aliphatic heterocycles. The van der Waals surface area contributed by atoms with Gasteiger partial charge in [0.2, 0.25) is 5.91 Å². The van der Waals surface area contributed by atoms with Gasteiger partial charge in [-0.3, -0.25) is 19.7 Å². The highest BCUT2D eigenvalue weighted by molar-refractivity contribution is 6.00. The van der Waals surface area contributed by atoms with Gasteiger partial charge in [0, 0.05) is 50.9 Å². The summed E-state index contributed by atoms with van der Waals surface area (Å²) in [7, 11) is 1.84. The molecular formula is C24H32N6O. The number of pyridine rings is 2. The number of hydrogen-bond donors (Lipinski definition) is 1. The number of aliphatic imine (C=N–C) groups is 1. The molecule has 0 aromatic carbocycles. The molecule has 0 unspecified atom stereocenters. The molecule has 0 atom stereocenters. The van der Waals surface area contributed by atoms with E-state index in [9.17, 15) is 4.79 Å². The lowest BCUT2D eigenvalue weighted by molar-refractivity contribution is -0.138. The van der Waals surface area contributed by atoms with Gasteiger partial charge < -0.3 is 10.6 Å². The van der Waals surface area contributed by atoms with Crippen LogP contribution in [0.5, 0.6) is 0 Å². The Morgan fingerprint density at radius 2 is 1.77 bits per heavy atom. The van der Waals surface area contributed by atoms with Gasteiger partial charge in [-0.1, -0.05) is 6.07 Å². The molecule has 2 N–H and O–H groups in total. The van der Waals surface area contributed by atoms with E-state index in [1.165, 1.54) is 5.56 Å². The zero-order valence-corrected chi connectivity index (χ0v) is 18.3. The van der Waals surface area contributed by atoms with Gasteiger partial charge in [-0.2, -0.15) is 0 Å². The molecule has 31 heavy (non-hydrogen) atoms. The summed E-state index contributed by atoms with van der Waals surface area (Å²) in [6.07, 6.45) is 7.33. The molecule has 4 rings (SSSR count). The van der Waals surface area contributed by atoms with E-state index >= 15 is 0 Å². The lowest BCUT2D eigenvalue weighted by Gasteiger charge is -2.37. The third-order valence-electron chi connectivity index (χ3n) is 6.55. The van der Waals surface area contributed by atoms with E-state index in [1.807, 2.05) is 43.6 Å². The Kier molecular flexibility index (Phi) is 6.92. The van der Waals surface area contributed by atoms with Crippen LogP contribution in [0.4, 0.5) is 5.82 Å². The Morgan fingerprint density at radius 1 is 1.03 bits per heavy atom. The smallest absolute Gasteiger partial charge is 0.225 e. The predicted octanol–water partition coefficient (Wildman–Crippen LogP) is 2.63. The molecule has 2 aromatic heterocycles. The van der Waals surface area contributed by atoms with Crippen molar-refractivity contribution in [3.63, 3.8) is 0 Å². The normalized spacial score (nSPS) is 19.5. The summed E-state index contributed by atoms with van der Waals surface area (Å²) in [6.45, 7) is 4.38. The zero-order valence-electron chi connectivity index (χ0n) is 18.3. The van der Waals surface area contributed by atoms with Crippen LogP contribution in [0.1, 0.15) is 36.9 Å². The number of nitrogen functional groups attached to an aromatic ring is 1. The Balaban J connectivity index is 1.26. The Hall–Kier alpha value is -2.80. The number of likely N-dealkylation sites (tertiary alicyclic amines) is 2. The molecule has 4 heterocycles. The van der Waals surface area contributed by atoms with Crippen LogP contribution in [0, 0.1) is 11.8 Å². The molecule has 0 radical (unpaired) electrons. The van der Waals surface area contributed by atoms with Crippen molar-refractivity contribution in [3.05, 3.63) is 54.0 Å². The summed E-state index contributed by atoms with van der Waals surface area (Å²) in [6, 6.07) is 9.89. The summed E-state index contributed by atoms with van der Waals surface area (Å²) in [5, 5.41) is 0. The zero-order chi connectivity index (χ0) is 21.6. The number of carbonyl (C=O) groups is 1. The number of nitrogens with two attached hydrogens (primary N) is 1. The van der Waals surface area contributed by atoms with Gasteiger partial charge in [-0.05, 0) is 68.6 Å². The number of anilines is 1. The van der Waals surface area contributed by atoms with Gasteiger partial charge in [0.05, 0.1) is 11.4 Å². The van der Waals surface area contributed by atoms with E-state index < -0.39 is 0 Å². The van der Waals surface area contributed by atoms with Crippen LogP contribution in [0.25, 0.3) is 0 Å². The molecule has 7 heteroatoms. The first-order valence-electron chi connectivity index (χ1n) is 11.2. The van der Waals surface area contributed by atoms with E-state index in [-0.39, 0.29) is 5.92 Å². The van der Waals surface area contributed by atoms with Crippen molar-refractivity contribution in [3.8, 4) is 0 Å². The summed E-state index contributed by atoms with van der Waals surface area (Å²) < 4.78 is 0. The number of aromatic nitrogens is 2. The fourth-order valence-corrected chi connectivity index (χ4v) is 4.84. The molecule has 7 nitrogen and oxygen atoms in total. The quantitative estimate of drug-likeness (QED) is 0.752. The third-order valence-corrected chi connectivity index (χ3v) is 6.55. The molecule has 2 aromatic rings. The highest BCUT2D eigenvalue weighted by atomic mass is 16.2. The molecule has 2 fully saturated rings. The van der Waals surface area contributed by atoms with Crippen LogP contribution in [-0.4, -0.2) is 64.6 Å². The first kappa shape index (κ1) is 21.4. The number of hydrogen-bond acceptors (Lipinski definition) is 6. The molecule has 2 aliphatic rings. The molecule has 0 bridgehead atoms. The summed E-state index contributed by atoms with van der Waals surface area (Å²) >= 11 is 0. The summed E-state index contributed by atoms with van der Waals surface area (Å²) in [4.78, 5) is 30.6. The van der Waals surface area contributed by atoms with Crippen LogP contribution in [0.15, 0.2) is 47.7 Å². The Bertz CT molecular complexity index is 899. The van der Waals surface area contributed by atoms with Crippen molar-refractivity contribution in [1.82, 2.24) is 19.8 Å². The molecule has 1 amide bonds. The Labute approximate surface area is 184 Å². The van der Waals surface area contributed by atoms with Crippen LogP contribution in [0.2, 0.25) is 0 Å². The fourth-order valence-electron chi connectivity index (χ4n) is 4.84. The molecule has 2 saturated heterocycles. The van der Waals surface area contributed by atoms with Gasteiger partial charge >= 0.3 is 0 Å². The van der Waals surface area contributed by atoms with E-state index in [0.29, 0.717) is 17.6 Å². The second-order valence-electron chi connectivity index (χ2n) is 8.56. The van der Waals surface area contributed by atoms with Gasteiger partial charge in [-0.25, -0.2) is 4.98 Å². The van der Waals surface area contributed by atoms with Crippen LogP contribution in [0.3, 0.4) is 0 Å². The van der Waals surface area contributed by atoms with Gasteiger partial charge in [0.25, 0.3) is 0 Å². The van der Waals surface area contributed by atoms with Crippen molar-refractivity contribution in [2.75, 3.05) is 39.0 Å². The van der Waals surface area contributed by atoms with Crippen LogP contribution >= 0.6 is 0 Å². The molecule has 164 valence electrons. The second kappa shape index (κ2) is 10.0. The SMILES string of the molecule is CN=C(c1ccccn1)C1CCN(C(=O)C2CCN(Cc3ccnc(N)c3)CC2)CC1. The van der Waals surface area contributed by atoms with Crippen molar-refractivity contribution in [2.45, 2.75) is 32.2 Å². The van der Waals surface area contributed by atoms with E-state index in [1.54, 1.807) is 6.20 Å². The first-order chi connectivity index (χ1) is 15.1. The van der Waals surface area contributed by atoms with Gasteiger partial charge in [-0.15, -0.1) is 0 Å². The van der Waals surface area contributed by atoms with Gasteiger partial charge in [0.1, 0.15) is 5.82 Å². The number of amides is 1. The average molecular weight is 421 g/mol. The average Bonchev–Trinajstić information content (AvgIpc) is 2.81. The van der Waals surface area contributed by atoms with E-state index in [2.05, 4.69) is 24.8 Å². The van der Waals surface area contributed by atoms with Crippen LogP contribution in [-0.2, 0) is 11.3 Å². The monoisotopic (exact) mass is 420 g/mol. The van der Waals surface area contributed by atoms with Crippen molar-refractivity contribution in [1.29, 1.82) is 0 Å². The molecule has 0 saturated carbocycles. The summed E-state index contributed by atoms with van der Waals surface area (Å²) in [5.74, 6) is 1.41. The maximum absolute atomic E-state index is 13.1. The number of nitrogens with zero attached hydrogens (tertiary/aromatic N) is 5. The van der Waals surface area contributed by atoms with Crippen molar-refractivity contribution >= 4 is 17.4 Å². The minimum absolute atomic E-state index is 0.144. The topological polar surface area (TPSA) is 87.7 Å². The van der Waals surface area contributed by atoms with Gasteiger partial charge in [0.15, 0.2) is 0 Å². The standard InChI is InChI=1S/C24H32N6O/c1-26-23(21-4-2-3-10-27-21)19-8-14-30(15-9-19)24(31)20-6-12-29(13-7-20)17-18-5-11-28-22(25)16-18/h2-5,10-11,16,19-20H,6-9,12-15,17H2,1H3,(H2,25,28). The maximum Gasteiger partial charge on any atom is 0.225 e. The fraction of sp³-hybridized carbons (Fsp3) is 0.500. The lowest BCUT2D eigenvalue weighted by atomic mass is 9.88.